The molecule has 0 atom stereocenters. The van der Waals surface area contributed by atoms with Gasteiger partial charge in [-0.1, -0.05) is 30.3 Å². The number of hydrogen-bond acceptors (Lipinski definition) is 4. The van der Waals surface area contributed by atoms with Crippen molar-refractivity contribution in [1.29, 1.82) is 5.26 Å². The Hall–Kier alpha value is -2.35. The van der Waals surface area contributed by atoms with Crippen molar-refractivity contribution in [3.8, 4) is 6.07 Å². The second kappa shape index (κ2) is 8.66. The Morgan fingerprint density at radius 2 is 1.64 bits per heavy atom. The van der Waals surface area contributed by atoms with Crippen LogP contribution in [0.4, 0.5) is 5.69 Å². The molecule has 0 aromatic heterocycles. The van der Waals surface area contributed by atoms with Gasteiger partial charge in [0.15, 0.2) is 0 Å². The maximum absolute atomic E-state index is 8.90. The van der Waals surface area contributed by atoms with Crippen LogP contribution in [0.25, 0.3) is 0 Å². The van der Waals surface area contributed by atoms with E-state index in [1.54, 1.807) is 0 Å². The Bertz CT molecular complexity index is 682. The van der Waals surface area contributed by atoms with Gasteiger partial charge < -0.3 is 9.80 Å². The highest BCUT2D eigenvalue weighted by Gasteiger charge is 2.17. The van der Waals surface area contributed by atoms with Crippen LogP contribution in [-0.2, 0) is 6.54 Å². The first kappa shape index (κ1) is 17.5. The largest absolute Gasteiger partial charge is 0.369 e. The molecule has 0 spiro atoms. The number of benzene rings is 2. The quantitative estimate of drug-likeness (QED) is 0.813. The van der Waals surface area contributed by atoms with Crippen molar-refractivity contribution in [3.63, 3.8) is 0 Å². The summed E-state index contributed by atoms with van der Waals surface area (Å²) in [5, 5.41) is 8.90. The maximum Gasteiger partial charge on any atom is 0.0991 e. The van der Waals surface area contributed by atoms with E-state index < -0.39 is 0 Å². The minimum atomic E-state index is 0.726. The summed E-state index contributed by atoms with van der Waals surface area (Å²) in [5.41, 5.74) is 3.32. The van der Waals surface area contributed by atoms with Gasteiger partial charge in [-0.05, 0) is 36.9 Å². The van der Waals surface area contributed by atoms with Gasteiger partial charge in [0, 0.05) is 51.5 Å². The van der Waals surface area contributed by atoms with Gasteiger partial charge in [-0.25, -0.2) is 0 Å². The molecule has 0 bridgehead atoms. The molecule has 0 amide bonds. The highest BCUT2D eigenvalue weighted by Crippen LogP contribution is 2.17. The van der Waals surface area contributed by atoms with Crippen LogP contribution in [-0.4, -0.2) is 56.1 Å². The lowest BCUT2D eigenvalue weighted by Gasteiger charge is -2.36. The molecule has 25 heavy (non-hydrogen) atoms. The summed E-state index contributed by atoms with van der Waals surface area (Å²) >= 11 is 0. The topological polar surface area (TPSA) is 33.5 Å². The normalized spacial score (nSPS) is 15.3. The lowest BCUT2D eigenvalue weighted by atomic mass is 10.2. The van der Waals surface area contributed by atoms with E-state index in [1.165, 1.54) is 11.3 Å². The minimum absolute atomic E-state index is 0.726. The Kier molecular flexibility index (Phi) is 6.05. The molecule has 0 aliphatic carbocycles. The van der Waals surface area contributed by atoms with Crippen molar-refractivity contribution in [1.82, 2.24) is 9.80 Å². The fourth-order valence-electron chi connectivity index (χ4n) is 3.26. The van der Waals surface area contributed by atoms with Crippen LogP contribution in [0.3, 0.4) is 0 Å². The van der Waals surface area contributed by atoms with Crippen molar-refractivity contribution in [2.24, 2.45) is 0 Å². The molecule has 1 aliphatic rings. The third-order valence-corrected chi connectivity index (χ3v) is 4.83. The predicted octanol–water partition coefficient (Wildman–Crippen LogP) is 2.81. The second-order valence-corrected chi connectivity index (χ2v) is 6.71. The van der Waals surface area contributed by atoms with E-state index in [1.807, 2.05) is 12.1 Å². The van der Waals surface area contributed by atoms with Crippen LogP contribution < -0.4 is 4.90 Å². The first-order valence-corrected chi connectivity index (χ1v) is 8.94. The molecule has 2 aromatic rings. The van der Waals surface area contributed by atoms with Crippen LogP contribution in [0.2, 0.25) is 0 Å². The number of nitriles is 1. The summed E-state index contributed by atoms with van der Waals surface area (Å²) in [7, 11) is 2.19. The van der Waals surface area contributed by atoms with Crippen LogP contribution in [0, 0.1) is 11.3 Å². The maximum atomic E-state index is 8.90. The monoisotopic (exact) mass is 334 g/mol. The van der Waals surface area contributed by atoms with Crippen LogP contribution >= 0.6 is 0 Å². The van der Waals surface area contributed by atoms with Gasteiger partial charge in [-0.3, -0.25) is 4.90 Å². The average Bonchev–Trinajstić information content (AvgIpc) is 2.68. The molecule has 0 saturated carbocycles. The molecule has 1 fully saturated rings. The fraction of sp³-hybridized carbons (Fsp3) is 0.381. The van der Waals surface area contributed by atoms with Gasteiger partial charge in [-0.2, -0.15) is 5.26 Å². The Morgan fingerprint density at radius 3 is 2.28 bits per heavy atom. The van der Waals surface area contributed by atoms with Crippen molar-refractivity contribution in [2.45, 2.75) is 6.54 Å². The number of nitrogens with zero attached hydrogens (tertiary/aromatic N) is 4. The summed E-state index contributed by atoms with van der Waals surface area (Å²) in [6.45, 7) is 7.50. The number of likely N-dealkylation sites (N-methyl/N-ethyl adjacent to an activating group) is 1. The molecule has 130 valence electrons. The van der Waals surface area contributed by atoms with Gasteiger partial charge >= 0.3 is 0 Å². The molecule has 4 heteroatoms. The summed E-state index contributed by atoms with van der Waals surface area (Å²) < 4.78 is 0. The highest BCUT2D eigenvalue weighted by atomic mass is 15.3. The zero-order chi connectivity index (χ0) is 17.5. The van der Waals surface area contributed by atoms with E-state index in [-0.39, 0.29) is 0 Å². The average molecular weight is 334 g/mol. The van der Waals surface area contributed by atoms with E-state index in [0.717, 1.165) is 51.4 Å². The zero-order valence-corrected chi connectivity index (χ0v) is 14.9. The number of anilines is 1. The molecular formula is C21H26N4. The van der Waals surface area contributed by atoms with Crippen molar-refractivity contribution in [2.75, 3.05) is 51.2 Å². The molecule has 3 rings (SSSR count). The molecule has 1 aliphatic heterocycles. The summed E-state index contributed by atoms with van der Waals surface area (Å²) in [6.07, 6.45) is 0. The fourth-order valence-corrected chi connectivity index (χ4v) is 3.26. The van der Waals surface area contributed by atoms with E-state index in [0.29, 0.717) is 0 Å². The third-order valence-electron chi connectivity index (χ3n) is 4.83. The van der Waals surface area contributed by atoms with Gasteiger partial charge in [-0.15, -0.1) is 0 Å². The molecule has 1 saturated heterocycles. The lowest BCUT2D eigenvalue weighted by Crippen LogP contribution is -2.48. The highest BCUT2D eigenvalue weighted by molar-refractivity contribution is 5.50. The van der Waals surface area contributed by atoms with E-state index in [4.69, 9.17) is 5.26 Å². The van der Waals surface area contributed by atoms with Crippen molar-refractivity contribution < 1.29 is 0 Å². The Morgan fingerprint density at radius 1 is 0.960 bits per heavy atom. The molecular weight excluding hydrogens is 308 g/mol. The standard InChI is InChI=1S/C21H26N4/c1-23(18-20-5-3-2-4-6-20)11-12-24-13-15-25(16-14-24)21-9-7-19(17-22)8-10-21/h2-10H,11-16,18H2,1H3. The molecule has 2 aromatic carbocycles. The summed E-state index contributed by atoms with van der Waals surface area (Å²) in [4.78, 5) is 7.34. The van der Waals surface area contributed by atoms with Crippen LogP contribution in [0.1, 0.15) is 11.1 Å². The Balaban J connectivity index is 1.41. The predicted molar refractivity (Wildman–Crippen MR) is 103 cm³/mol. The molecule has 0 unspecified atom stereocenters. The van der Waals surface area contributed by atoms with E-state index in [2.05, 4.69) is 70.3 Å². The molecule has 1 heterocycles. The summed E-state index contributed by atoms with van der Waals surface area (Å²) in [6, 6.07) is 20.7. The molecule has 0 N–H and O–H groups in total. The first-order chi connectivity index (χ1) is 12.2. The lowest BCUT2D eigenvalue weighted by molar-refractivity contribution is 0.212. The van der Waals surface area contributed by atoms with E-state index >= 15 is 0 Å². The smallest absolute Gasteiger partial charge is 0.0991 e. The SMILES string of the molecule is CN(CCN1CCN(c2ccc(C#N)cc2)CC1)Cc1ccccc1. The van der Waals surface area contributed by atoms with Gasteiger partial charge in [0.25, 0.3) is 0 Å². The van der Waals surface area contributed by atoms with Gasteiger partial charge in [0.2, 0.25) is 0 Å². The third kappa shape index (κ3) is 5.06. The first-order valence-electron chi connectivity index (χ1n) is 8.94. The number of piperazine rings is 1. The van der Waals surface area contributed by atoms with Crippen molar-refractivity contribution in [3.05, 3.63) is 65.7 Å². The van der Waals surface area contributed by atoms with E-state index in [9.17, 15) is 0 Å². The van der Waals surface area contributed by atoms with Crippen molar-refractivity contribution >= 4 is 5.69 Å². The molecule has 4 nitrogen and oxygen atoms in total. The van der Waals surface area contributed by atoms with Gasteiger partial charge in [0.1, 0.15) is 0 Å². The van der Waals surface area contributed by atoms with Gasteiger partial charge in [0.05, 0.1) is 11.6 Å². The van der Waals surface area contributed by atoms with Crippen LogP contribution in [0.15, 0.2) is 54.6 Å². The van der Waals surface area contributed by atoms with Crippen LogP contribution in [0.5, 0.6) is 0 Å². The number of rotatable bonds is 6. The number of hydrogen-bond donors (Lipinski definition) is 0. The summed E-state index contributed by atoms with van der Waals surface area (Å²) in [5.74, 6) is 0. The zero-order valence-electron chi connectivity index (χ0n) is 14.9. The Labute approximate surface area is 150 Å². The second-order valence-electron chi connectivity index (χ2n) is 6.71. The minimum Gasteiger partial charge on any atom is -0.369 e. The molecule has 0 radical (unpaired) electrons.